The van der Waals surface area contributed by atoms with Crippen LogP contribution < -0.4 is 4.74 Å². The van der Waals surface area contributed by atoms with Crippen LogP contribution in [0.1, 0.15) is 50.2 Å². The van der Waals surface area contributed by atoms with E-state index < -0.39 is 0 Å². The van der Waals surface area contributed by atoms with Crippen molar-refractivity contribution in [2.75, 3.05) is 21.2 Å². The van der Waals surface area contributed by atoms with Crippen LogP contribution in [0.3, 0.4) is 0 Å². The Balaban J connectivity index is 2.13. The van der Waals surface area contributed by atoms with Crippen LogP contribution in [0, 0.1) is 5.92 Å². The van der Waals surface area contributed by atoms with Crippen molar-refractivity contribution < 1.29 is 4.74 Å². The molecule has 2 bridgehead atoms. The van der Waals surface area contributed by atoms with E-state index >= 15 is 0 Å². The van der Waals surface area contributed by atoms with E-state index in [2.05, 4.69) is 44.1 Å². The molecule has 0 N–H and O–H groups in total. The Morgan fingerprint density at radius 2 is 2.00 bits per heavy atom. The van der Waals surface area contributed by atoms with E-state index in [1.54, 1.807) is 18.2 Å². The first-order valence-corrected chi connectivity index (χ1v) is 8.40. The third kappa shape index (κ3) is 2.48. The standard InChI is InChI=1S/C19H29NO/c1-19-11-7-5-6-8-15(18(19)20(2)3)12-14-9-10-16(21-4)13-17(14)19/h9-10,13,15,18H,5-8,11-12H2,1-4H3/t15?,18-,19+/m0/s1. The molecule has 0 spiro atoms. The van der Waals surface area contributed by atoms with Crippen LogP contribution in [0.5, 0.6) is 5.75 Å². The zero-order valence-electron chi connectivity index (χ0n) is 14.0. The van der Waals surface area contributed by atoms with Gasteiger partial charge >= 0.3 is 0 Å². The second kappa shape index (κ2) is 5.64. The van der Waals surface area contributed by atoms with Gasteiger partial charge in [-0.15, -0.1) is 0 Å². The highest BCUT2D eigenvalue weighted by Gasteiger charge is 2.46. The number of ether oxygens (including phenoxy) is 1. The molecule has 1 aromatic carbocycles. The minimum Gasteiger partial charge on any atom is -0.497 e. The molecule has 0 aromatic heterocycles. The van der Waals surface area contributed by atoms with Gasteiger partial charge < -0.3 is 9.64 Å². The normalized spacial score (nSPS) is 32.2. The first-order valence-electron chi connectivity index (χ1n) is 8.40. The lowest BCUT2D eigenvalue weighted by Gasteiger charge is -2.51. The van der Waals surface area contributed by atoms with Gasteiger partial charge in [0.15, 0.2) is 0 Å². The Morgan fingerprint density at radius 3 is 2.71 bits per heavy atom. The first kappa shape index (κ1) is 14.9. The van der Waals surface area contributed by atoms with E-state index in [1.807, 2.05) is 0 Å². The van der Waals surface area contributed by atoms with Gasteiger partial charge in [0.2, 0.25) is 0 Å². The van der Waals surface area contributed by atoms with Crippen molar-refractivity contribution in [1.82, 2.24) is 4.90 Å². The minimum absolute atomic E-state index is 0.261. The van der Waals surface area contributed by atoms with Gasteiger partial charge in [0, 0.05) is 11.5 Å². The number of nitrogens with zero attached hydrogens (tertiary/aromatic N) is 1. The lowest BCUT2D eigenvalue weighted by atomic mass is 9.59. The molecule has 2 aliphatic carbocycles. The van der Waals surface area contributed by atoms with Gasteiger partial charge in [0.1, 0.15) is 5.75 Å². The quantitative estimate of drug-likeness (QED) is 0.814. The van der Waals surface area contributed by atoms with E-state index in [-0.39, 0.29) is 5.41 Å². The molecule has 0 amide bonds. The zero-order valence-corrected chi connectivity index (χ0v) is 14.0. The highest BCUT2D eigenvalue weighted by molar-refractivity contribution is 5.44. The second-order valence-electron chi connectivity index (χ2n) is 7.41. The summed E-state index contributed by atoms with van der Waals surface area (Å²) < 4.78 is 5.50. The third-order valence-electron chi connectivity index (χ3n) is 5.84. The summed E-state index contributed by atoms with van der Waals surface area (Å²) in [6, 6.07) is 7.41. The molecule has 116 valence electrons. The summed E-state index contributed by atoms with van der Waals surface area (Å²) in [5, 5.41) is 0. The molecular formula is C19H29NO. The van der Waals surface area contributed by atoms with E-state index in [0.29, 0.717) is 6.04 Å². The van der Waals surface area contributed by atoms with Gasteiger partial charge in [-0.05, 0) is 62.5 Å². The van der Waals surface area contributed by atoms with Crippen molar-refractivity contribution in [1.29, 1.82) is 0 Å². The van der Waals surface area contributed by atoms with Gasteiger partial charge in [-0.2, -0.15) is 0 Å². The Hall–Kier alpha value is -1.02. The van der Waals surface area contributed by atoms with Gasteiger partial charge in [0.05, 0.1) is 7.11 Å². The summed E-state index contributed by atoms with van der Waals surface area (Å²) in [4.78, 5) is 2.48. The number of benzene rings is 1. The molecular weight excluding hydrogens is 258 g/mol. The Bertz CT molecular complexity index is 510. The average molecular weight is 287 g/mol. The largest absolute Gasteiger partial charge is 0.497 e. The fraction of sp³-hybridized carbons (Fsp3) is 0.684. The highest BCUT2D eigenvalue weighted by Crippen LogP contribution is 2.48. The summed E-state index contributed by atoms with van der Waals surface area (Å²) in [5.41, 5.74) is 3.36. The molecule has 3 rings (SSSR count). The van der Waals surface area contributed by atoms with Crippen LogP contribution in [-0.2, 0) is 11.8 Å². The van der Waals surface area contributed by atoms with Crippen molar-refractivity contribution >= 4 is 0 Å². The van der Waals surface area contributed by atoms with Crippen LogP contribution >= 0.6 is 0 Å². The molecule has 2 nitrogen and oxygen atoms in total. The fourth-order valence-electron chi connectivity index (χ4n) is 5.08. The monoisotopic (exact) mass is 287 g/mol. The topological polar surface area (TPSA) is 12.5 Å². The fourth-order valence-corrected chi connectivity index (χ4v) is 5.08. The molecule has 0 aliphatic heterocycles. The lowest BCUT2D eigenvalue weighted by Crippen LogP contribution is -2.54. The molecule has 2 aliphatic rings. The molecule has 3 atom stereocenters. The molecule has 0 saturated heterocycles. The predicted octanol–water partition coefficient (Wildman–Crippen LogP) is 4.02. The number of likely N-dealkylation sites (N-methyl/N-ethyl adjacent to an activating group) is 1. The van der Waals surface area contributed by atoms with Crippen molar-refractivity contribution in [3.8, 4) is 5.75 Å². The van der Waals surface area contributed by atoms with Crippen LogP contribution in [0.15, 0.2) is 18.2 Å². The van der Waals surface area contributed by atoms with Crippen LogP contribution in [0.4, 0.5) is 0 Å². The van der Waals surface area contributed by atoms with E-state index in [4.69, 9.17) is 4.74 Å². The van der Waals surface area contributed by atoms with Gasteiger partial charge in [-0.25, -0.2) is 0 Å². The second-order valence-corrected chi connectivity index (χ2v) is 7.41. The maximum Gasteiger partial charge on any atom is 0.119 e. The summed E-state index contributed by atoms with van der Waals surface area (Å²) >= 11 is 0. The summed E-state index contributed by atoms with van der Waals surface area (Å²) in [5.74, 6) is 1.80. The van der Waals surface area contributed by atoms with Crippen molar-refractivity contribution in [2.24, 2.45) is 5.92 Å². The molecule has 1 unspecified atom stereocenters. The maximum atomic E-state index is 5.50. The summed E-state index contributed by atoms with van der Waals surface area (Å²) in [6.45, 7) is 2.49. The summed E-state index contributed by atoms with van der Waals surface area (Å²) in [6.07, 6.45) is 8.06. The molecule has 2 heteroatoms. The van der Waals surface area contributed by atoms with Crippen LogP contribution in [-0.4, -0.2) is 32.1 Å². The molecule has 0 heterocycles. The smallest absolute Gasteiger partial charge is 0.119 e. The molecule has 21 heavy (non-hydrogen) atoms. The van der Waals surface area contributed by atoms with Crippen molar-refractivity contribution in [3.63, 3.8) is 0 Å². The average Bonchev–Trinajstić information content (AvgIpc) is 2.44. The summed E-state index contributed by atoms with van der Waals surface area (Å²) in [7, 11) is 6.31. The number of methoxy groups -OCH3 is 1. The number of hydrogen-bond donors (Lipinski definition) is 0. The van der Waals surface area contributed by atoms with Gasteiger partial charge in [0.25, 0.3) is 0 Å². The van der Waals surface area contributed by atoms with Crippen LogP contribution in [0.25, 0.3) is 0 Å². The number of rotatable bonds is 2. The third-order valence-corrected chi connectivity index (χ3v) is 5.84. The van der Waals surface area contributed by atoms with Crippen LogP contribution in [0.2, 0.25) is 0 Å². The molecule has 1 fully saturated rings. The van der Waals surface area contributed by atoms with E-state index in [0.717, 1.165) is 11.7 Å². The Labute approximate surface area is 129 Å². The zero-order chi connectivity index (χ0) is 15.0. The minimum atomic E-state index is 0.261. The van der Waals surface area contributed by atoms with Crippen molar-refractivity contribution in [2.45, 2.75) is 56.9 Å². The first-order chi connectivity index (χ1) is 10.1. The SMILES string of the molecule is COc1ccc2c(c1)[C@@]1(C)CCCCCC(C2)[C@@H]1N(C)C. The van der Waals surface area contributed by atoms with Gasteiger partial charge in [-0.1, -0.05) is 32.3 Å². The lowest BCUT2D eigenvalue weighted by molar-refractivity contribution is 0.0826. The highest BCUT2D eigenvalue weighted by atomic mass is 16.5. The molecule has 1 saturated carbocycles. The molecule has 0 radical (unpaired) electrons. The maximum absolute atomic E-state index is 5.50. The van der Waals surface area contributed by atoms with E-state index in [9.17, 15) is 0 Å². The van der Waals surface area contributed by atoms with Crippen molar-refractivity contribution in [3.05, 3.63) is 29.3 Å². The predicted molar refractivity (Wildman–Crippen MR) is 88.1 cm³/mol. The van der Waals surface area contributed by atoms with Gasteiger partial charge in [-0.3, -0.25) is 0 Å². The number of fused-ring (bicyclic) bond motifs is 4. The number of hydrogen-bond acceptors (Lipinski definition) is 2. The Morgan fingerprint density at radius 1 is 1.19 bits per heavy atom. The molecule has 1 aromatic rings. The van der Waals surface area contributed by atoms with E-state index in [1.165, 1.54) is 38.5 Å². The Kier molecular flexibility index (Phi) is 4.00.